The van der Waals surface area contributed by atoms with Crippen LogP contribution < -0.4 is 10.5 Å². The largest absolute Gasteiger partial charge is 0.380 e. The maximum Gasteiger partial charge on any atom is 0.242 e. The molecule has 0 spiro atoms. The molecule has 7 heteroatoms. The number of aromatic nitrogens is 1. The minimum Gasteiger partial charge on any atom is -0.380 e. The molecule has 1 atom stereocenters. The van der Waals surface area contributed by atoms with E-state index in [2.05, 4.69) is 21.5 Å². The van der Waals surface area contributed by atoms with Gasteiger partial charge in [-0.25, -0.2) is 13.1 Å². The van der Waals surface area contributed by atoms with Gasteiger partial charge in [0.15, 0.2) is 0 Å². The Labute approximate surface area is 119 Å². The molecule has 1 aromatic rings. The Balaban J connectivity index is 2.87. The number of ether oxygens (including phenoxy) is 1. The molecular formula is C13H19N3O3S. The summed E-state index contributed by atoms with van der Waals surface area (Å²) in [5, 5.41) is 0. The molecule has 1 unspecified atom stereocenters. The molecule has 0 fully saturated rings. The lowest BCUT2D eigenvalue weighted by atomic mass is 10.3. The molecule has 20 heavy (non-hydrogen) atoms. The number of nitrogens with two attached hydrogens (primary N) is 1. The molecule has 110 valence electrons. The summed E-state index contributed by atoms with van der Waals surface area (Å²) in [4.78, 5) is 3.95. The van der Waals surface area contributed by atoms with Crippen molar-refractivity contribution in [2.24, 2.45) is 5.73 Å². The number of rotatable bonds is 6. The fourth-order valence-corrected chi connectivity index (χ4v) is 2.66. The quantitative estimate of drug-likeness (QED) is 0.726. The summed E-state index contributed by atoms with van der Waals surface area (Å²) in [6.07, 6.45) is 2.77. The summed E-state index contributed by atoms with van der Waals surface area (Å²) in [6.45, 7) is 4.65. The third kappa shape index (κ3) is 5.27. The second-order valence-corrected chi connectivity index (χ2v) is 5.81. The van der Waals surface area contributed by atoms with Gasteiger partial charge in [0.25, 0.3) is 0 Å². The third-order valence-corrected chi connectivity index (χ3v) is 3.84. The molecule has 0 radical (unpaired) electrons. The Morgan fingerprint density at radius 2 is 2.25 bits per heavy atom. The maximum absolute atomic E-state index is 12.2. The molecule has 1 aromatic heterocycles. The minimum atomic E-state index is -3.63. The average Bonchev–Trinajstić information content (AvgIpc) is 2.42. The van der Waals surface area contributed by atoms with Gasteiger partial charge >= 0.3 is 0 Å². The molecule has 0 saturated carbocycles. The van der Waals surface area contributed by atoms with E-state index in [9.17, 15) is 8.42 Å². The van der Waals surface area contributed by atoms with E-state index in [1.54, 1.807) is 6.92 Å². The molecular weight excluding hydrogens is 278 g/mol. The van der Waals surface area contributed by atoms with E-state index in [0.717, 1.165) is 0 Å². The first kappa shape index (κ1) is 16.6. The van der Waals surface area contributed by atoms with E-state index in [1.807, 2.05) is 6.92 Å². The molecule has 0 aliphatic heterocycles. The maximum atomic E-state index is 12.2. The summed E-state index contributed by atoms with van der Waals surface area (Å²) in [6, 6.07) is 1.14. The fourth-order valence-electron chi connectivity index (χ4n) is 1.45. The van der Waals surface area contributed by atoms with Gasteiger partial charge in [-0.1, -0.05) is 11.8 Å². The van der Waals surface area contributed by atoms with Crippen molar-refractivity contribution >= 4 is 10.0 Å². The van der Waals surface area contributed by atoms with Crippen molar-refractivity contribution in [2.45, 2.75) is 24.8 Å². The van der Waals surface area contributed by atoms with E-state index in [-0.39, 0.29) is 17.5 Å². The van der Waals surface area contributed by atoms with Crippen LogP contribution in [0.4, 0.5) is 0 Å². The number of hydrogen-bond acceptors (Lipinski definition) is 5. The second-order valence-electron chi connectivity index (χ2n) is 4.10. The van der Waals surface area contributed by atoms with Crippen LogP contribution in [0.2, 0.25) is 0 Å². The molecule has 1 heterocycles. The van der Waals surface area contributed by atoms with Crippen LogP contribution in [0, 0.1) is 11.8 Å². The van der Waals surface area contributed by atoms with Gasteiger partial charge in [0.05, 0.1) is 13.2 Å². The SMILES string of the molecule is CCOCC(C)NS(=O)(=O)c1cncc(C#CCN)c1. The number of pyridine rings is 1. The van der Waals surface area contributed by atoms with Crippen LogP contribution in [0.1, 0.15) is 19.4 Å². The monoisotopic (exact) mass is 297 g/mol. The standard InChI is InChI=1S/C13H19N3O3S/c1-3-19-10-11(2)16-20(17,18)13-7-12(5-4-6-14)8-15-9-13/h7-9,11,16H,3,6,10,14H2,1-2H3. The van der Waals surface area contributed by atoms with Crippen LogP contribution in [0.3, 0.4) is 0 Å². The van der Waals surface area contributed by atoms with Crippen LogP contribution >= 0.6 is 0 Å². The zero-order valence-corrected chi connectivity index (χ0v) is 12.4. The summed E-state index contributed by atoms with van der Waals surface area (Å²) in [5.74, 6) is 5.40. The van der Waals surface area contributed by atoms with Gasteiger partial charge in [0.2, 0.25) is 10.0 Å². The Bertz CT molecular complexity index is 590. The lowest BCUT2D eigenvalue weighted by molar-refractivity contribution is 0.133. The van der Waals surface area contributed by atoms with Crippen molar-refractivity contribution in [1.82, 2.24) is 9.71 Å². The Morgan fingerprint density at radius 1 is 1.50 bits per heavy atom. The molecule has 0 bridgehead atoms. The van der Waals surface area contributed by atoms with Crippen molar-refractivity contribution in [1.29, 1.82) is 0 Å². The van der Waals surface area contributed by atoms with Crippen LogP contribution in [0.25, 0.3) is 0 Å². The van der Waals surface area contributed by atoms with Crippen LogP contribution in [-0.4, -0.2) is 39.2 Å². The molecule has 0 aromatic carbocycles. The van der Waals surface area contributed by atoms with Crippen molar-refractivity contribution in [3.63, 3.8) is 0 Å². The highest BCUT2D eigenvalue weighted by Crippen LogP contribution is 2.09. The first-order chi connectivity index (χ1) is 9.49. The molecule has 3 N–H and O–H groups in total. The summed E-state index contributed by atoms with van der Waals surface area (Å²) in [7, 11) is -3.63. The zero-order valence-electron chi connectivity index (χ0n) is 11.6. The van der Waals surface area contributed by atoms with E-state index in [1.165, 1.54) is 18.5 Å². The van der Waals surface area contributed by atoms with Gasteiger partial charge in [0.1, 0.15) is 4.90 Å². The van der Waals surface area contributed by atoms with Gasteiger partial charge < -0.3 is 10.5 Å². The summed E-state index contributed by atoms with van der Waals surface area (Å²) in [5.41, 5.74) is 5.78. The topological polar surface area (TPSA) is 94.3 Å². The van der Waals surface area contributed by atoms with Crippen molar-refractivity contribution in [3.8, 4) is 11.8 Å². The van der Waals surface area contributed by atoms with Crippen molar-refractivity contribution in [2.75, 3.05) is 19.8 Å². The molecule has 1 rings (SSSR count). The third-order valence-electron chi connectivity index (χ3n) is 2.29. The lowest BCUT2D eigenvalue weighted by Gasteiger charge is -2.13. The predicted octanol–water partition coefficient (Wildman–Crippen LogP) is 0.0951. The van der Waals surface area contributed by atoms with Crippen molar-refractivity contribution < 1.29 is 13.2 Å². The van der Waals surface area contributed by atoms with E-state index >= 15 is 0 Å². The first-order valence-corrected chi connectivity index (χ1v) is 7.72. The summed E-state index contributed by atoms with van der Waals surface area (Å²) < 4.78 is 32.0. The molecule has 0 saturated heterocycles. The predicted molar refractivity (Wildman–Crippen MR) is 76.4 cm³/mol. The van der Waals surface area contributed by atoms with Crippen LogP contribution in [-0.2, 0) is 14.8 Å². The Hall–Kier alpha value is -1.46. The van der Waals surface area contributed by atoms with E-state index in [0.29, 0.717) is 18.8 Å². The van der Waals surface area contributed by atoms with E-state index < -0.39 is 10.0 Å². The normalized spacial score (nSPS) is 12.6. The highest BCUT2D eigenvalue weighted by Gasteiger charge is 2.18. The lowest BCUT2D eigenvalue weighted by Crippen LogP contribution is -2.36. The second kappa shape index (κ2) is 7.97. The van der Waals surface area contributed by atoms with Gasteiger partial charge in [0, 0.05) is 30.6 Å². The van der Waals surface area contributed by atoms with Crippen LogP contribution in [0.15, 0.2) is 23.4 Å². The van der Waals surface area contributed by atoms with Crippen LogP contribution in [0.5, 0.6) is 0 Å². The number of sulfonamides is 1. The van der Waals surface area contributed by atoms with Gasteiger partial charge in [-0.15, -0.1) is 0 Å². The number of nitrogens with zero attached hydrogens (tertiary/aromatic N) is 1. The number of hydrogen-bond donors (Lipinski definition) is 2. The van der Waals surface area contributed by atoms with Gasteiger partial charge in [-0.2, -0.15) is 0 Å². The first-order valence-electron chi connectivity index (χ1n) is 6.23. The zero-order chi connectivity index (χ0) is 15.0. The van der Waals surface area contributed by atoms with E-state index in [4.69, 9.17) is 10.5 Å². The average molecular weight is 297 g/mol. The molecule has 0 aliphatic carbocycles. The van der Waals surface area contributed by atoms with Crippen molar-refractivity contribution in [3.05, 3.63) is 24.0 Å². The molecule has 0 amide bonds. The molecule has 6 nitrogen and oxygen atoms in total. The van der Waals surface area contributed by atoms with Gasteiger partial charge in [-0.05, 0) is 19.9 Å². The Morgan fingerprint density at radius 3 is 2.90 bits per heavy atom. The minimum absolute atomic E-state index is 0.0738. The number of nitrogens with one attached hydrogen (secondary N) is 1. The summed E-state index contributed by atoms with van der Waals surface area (Å²) >= 11 is 0. The highest BCUT2D eigenvalue weighted by molar-refractivity contribution is 7.89. The highest BCUT2D eigenvalue weighted by atomic mass is 32.2. The Kier molecular flexibility index (Phi) is 6.61. The van der Waals surface area contributed by atoms with Gasteiger partial charge in [-0.3, -0.25) is 4.98 Å². The molecule has 0 aliphatic rings. The fraction of sp³-hybridized carbons (Fsp3) is 0.462. The smallest absolute Gasteiger partial charge is 0.242 e.